The monoisotopic (exact) mass is 495 g/mol. The number of benzene rings is 2. The lowest BCUT2D eigenvalue weighted by atomic mass is 10.1. The van der Waals surface area contributed by atoms with Crippen LogP contribution in [0.4, 0.5) is 22.7 Å². The topological polar surface area (TPSA) is 139 Å². The highest BCUT2D eigenvalue weighted by atomic mass is 32.1. The second-order valence-electron chi connectivity index (χ2n) is 7.48. The van der Waals surface area contributed by atoms with Crippen molar-refractivity contribution in [2.45, 2.75) is 0 Å². The summed E-state index contributed by atoms with van der Waals surface area (Å²) in [6.45, 7) is 2.02. The fraction of sp³-hybridized carbons (Fsp3) is 0.174. The molecular formula is C23H21N5O6S. The van der Waals surface area contributed by atoms with Crippen LogP contribution in [-0.4, -0.2) is 48.2 Å². The maximum atomic E-state index is 12.7. The van der Waals surface area contributed by atoms with Gasteiger partial charge in [0.15, 0.2) is 10.9 Å². The van der Waals surface area contributed by atoms with E-state index >= 15 is 0 Å². The van der Waals surface area contributed by atoms with Crippen molar-refractivity contribution >= 4 is 51.9 Å². The molecule has 0 bridgehead atoms. The van der Waals surface area contributed by atoms with E-state index in [1.807, 2.05) is 4.90 Å². The Bertz CT molecular complexity index is 1260. The number of amides is 2. The lowest BCUT2D eigenvalue weighted by Crippen LogP contribution is -2.37. The summed E-state index contributed by atoms with van der Waals surface area (Å²) in [5.41, 5.74) is 1.36. The number of nitrogens with zero attached hydrogens (tertiary/aromatic N) is 2. The van der Waals surface area contributed by atoms with E-state index in [4.69, 9.17) is 21.4 Å². The molecule has 2 heterocycles. The molecule has 0 unspecified atom stereocenters. The van der Waals surface area contributed by atoms with Crippen LogP contribution >= 0.6 is 12.2 Å². The average Bonchev–Trinajstić information content (AvgIpc) is 3.39. The molecule has 1 aliphatic heterocycles. The SMILES string of the molecule is O=C(NC(=S)Nc1cccc(NC(=O)c2ccco2)c1)c1ccc(N2CCOCC2)c([N+](=O)[O-])c1. The summed E-state index contributed by atoms with van der Waals surface area (Å²) in [7, 11) is 0. The molecule has 4 rings (SSSR count). The standard InChI is InChI=1S/C23H21N5O6S/c29-21(15-6-7-18(19(13-15)28(31)32)27-8-11-33-12-9-27)26-23(35)25-17-4-1-3-16(14-17)24-22(30)20-5-2-10-34-20/h1-7,10,13-14H,8-9,11-12H2,(H,24,30)(H2,25,26,29,35). The largest absolute Gasteiger partial charge is 0.459 e. The Balaban J connectivity index is 1.40. The van der Waals surface area contributed by atoms with Crippen molar-refractivity contribution in [1.82, 2.24) is 5.32 Å². The van der Waals surface area contributed by atoms with Crippen LogP contribution in [0.5, 0.6) is 0 Å². The summed E-state index contributed by atoms with van der Waals surface area (Å²) in [6.07, 6.45) is 1.40. The molecule has 2 amide bonds. The molecule has 0 aliphatic carbocycles. The van der Waals surface area contributed by atoms with E-state index in [2.05, 4.69) is 16.0 Å². The summed E-state index contributed by atoms with van der Waals surface area (Å²) in [5, 5.41) is 19.7. The van der Waals surface area contributed by atoms with E-state index in [9.17, 15) is 19.7 Å². The first-order valence-electron chi connectivity index (χ1n) is 10.6. The van der Waals surface area contributed by atoms with Crippen LogP contribution in [0.2, 0.25) is 0 Å². The smallest absolute Gasteiger partial charge is 0.293 e. The molecule has 1 aromatic heterocycles. The highest BCUT2D eigenvalue weighted by Gasteiger charge is 2.23. The van der Waals surface area contributed by atoms with Crippen LogP contribution in [0.3, 0.4) is 0 Å². The van der Waals surface area contributed by atoms with Gasteiger partial charge in [0, 0.05) is 36.1 Å². The van der Waals surface area contributed by atoms with Crippen LogP contribution < -0.4 is 20.9 Å². The van der Waals surface area contributed by atoms with Crippen molar-refractivity contribution in [3.63, 3.8) is 0 Å². The third-order valence-electron chi connectivity index (χ3n) is 5.14. The lowest BCUT2D eigenvalue weighted by molar-refractivity contribution is -0.384. The van der Waals surface area contributed by atoms with Gasteiger partial charge in [0.05, 0.1) is 24.4 Å². The Morgan fingerprint density at radius 1 is 0.971 bits per heavy atom. The van der Waals surface area contributed by atoms with Gasteiger partial charge in [-0.1, -0.05) is 6.07 Å². The second kappa shape index (κ2) is 10.8. The lowest BCUT2D eigenvalue weighted by Gasteiger charge is -2.28. The minimum Gasteiger partial charge on any atom is -0.459 e. The molecule has 3 aromatic rings. The van der Waals surface area contributed by atoms with Gasteiger partial charge in [-0.2, -0.15) is 0 Å². The maximum Gasteiger partial charge on any atom is 0.293 e. The highest BCUT2D eigenvalue weighted by Crippen LogP contribution is 2.30. The average molecular weight is 496 g/mol. The van der Waals surface area contributed by atoms with E-state index < -0.39 is 16.7 Å². The van der Waals surface area contributed by atoms with E-state index in [1.54, 1.807) is 42.5 Å². The number of thiocarbonyl (C=S) groups is 1. The molecule has 0 atom stereocenters. The van der Waals surface area contributed by atoms with Crippen molar-refractivity contribution < 1.29 is 23.7 Å². The first-order chi connectivity index (χ1) is 16.9. The Kier molecular flexibility index (Phi) is 7.33. The molecule has 2 aromatic carbocycles. The molecule has 0 spiro atoms. The Labute approximate surface area is 205 Å². The van der Waals surface area contributed by atoms with Gasteiger partial charge in [0.25, 0.3) is 17.5 Å². The van der Waals surface area contributed by atoms with Gasteiger partial charge in [-0.3, -0.25) is 25.0 Å². The summed E-state index contributed by atoms with van der Waals surface area (Å²) >= 11 is 5.22. The molecular weight excluding hydrogens is 474 g/mol. The highest BCUT2D eigenvalue weighted by molar-refractivity contribution is 7.80. The number of rotatable bonds is 6. The van der Waals surface area contributed by atoms with E-state index in [0.29, 0.717) is 43.4 Å². The molecule has 1 saturated heterocycles. The van der Waals surface area contributed by atoms with Crippen LogP contribution in [0.15, 0.2) is 65.3 Å². The molecule has 12 heteroatoms. The van der Waals surface area contributed by atoms with Crippen molar-refractivity contribution in [2.24, 2.45) is 0 Å². The van der Waals surface area contributed by atoms with Crippen LogP contribution in [0, 0.1) is 10.1 Å². The van der Waals surface area contributed by atoms with E-state index in [-0.39, 0.29) is 22.1 Å². The summed E-state index contributed by atoms with van der Waals surface area (Å²) < 4.78 is 10.4. The Hall–Kier alpha value is -4.29. The number of nitro benzene ring substituents is 1. The summed E-state index contributed by atoms with van der Waals surface area (Å²) in [6, 6.07) is 14.2. The zero-order chi connectivity index (χ0) is 24.8. The Morgan fingerprint density at radius 2 is 1.71 bits per heavy atom. The number of carbonyl (C=O) groups is 2. The van der Waals surface area contributed by atoms with Crippen molar-refractivity contribution in [3.05, 3.63) is 82.3 Å². The Morgan fingerprint density at radius 3 is 2.40 bits per heavy atom. The zero-order valence-electron chi connectivity index (χ0n) is 18.4. The minimum absolute atomic E-state index is 0.00980. The van der Waals surface area contributed by atoms with Gasteiger partial charge in [-0.15, -0.1) is 0 Å². The van der Waals surface area contributed by atoms with E-state index in [0.717, 1.165) is 0 Å². The third-order valence-corrected chi connectivity index (χ3v) is 5.34. The number of ether oxygens (including phenoxy) is 1. The van der Waals surface area contributed by atoms with Gasteiger partial charge in [-0.05, 0) is 54.7 Å². The van der Waals surface area contributed by atoms with Gasteiger partial charge in [-0.25, -0.2) is 0 Å². The third kappa shape index (κ3) is 5.99. The molecule has 180 valence electrons. The second-order valence-corrected chi connectivity index (χ2v) is 7.89. The van der Waals surface area contributed by atoms with Gasteiger partial charge in [0.2, 0.25) is 0 Å². The number of nitrogens with one attached hydrogen (secondary N) is 3. The normalized spacial score (nSPS) is 13.1. The fourth-order valence-corrected chi connectivity index (χ4v) is 3.71. The zero-order valence-corrected chi connectivity index (χ0v) is 19.2. The quantitative estimate of drug-likeness (QED) is 0.267. The molecule has 3 N–H and O–H groups in total. The molecule has 35 heavy (non-hydrogen) atoms. The first kappa shape index (κ1) is 23.9. The number of carbonyl (C=O) groups excluding carboxylic acids is 2. The van der Waals surface area contributed by atoms with Gasteiger partial charge in [0.1, 0.15) is 5.69 Å². The number of furan rings is 1. The molecule has 1 aliphatic rings. The van der Waals surface area contributed by atoms with Crippen molar-refractivity contribution in [1.29, 1.82) is 0 Å². The molecule has 0 radical (unpaired) electrons. The van der Waals surface area contributed by atoms with Crippen LogP contribution in [-0.2, 0) is 4.74 Å². The number of morpholine rings is 1. The predicted molar refractivity (Wildman–Crippen MR) is 133 cm³/mol. The van der Waals surface area contributed by atoms with Crippen molar-refractivity contribution in [3.8, 4) is 0 Å². The molecule has 1 fully saturated rings. The van der Waals surface area contributed by atoms with Crippen LogP contribution in [0.25, 0.3) is 0 Å². The number of nitro groups is 1. The van der Waals surface area contributed by atoms with Crippen LogP contribution in [0.1, 0.15) is 20.9 Å². The van der Waals surface area contributed by atoms with Crippen molar-refractivity contribution in [2.75, 3.05) is 41.8 Å². The number of anilines is 3. The first-order valence-corrected chi connectivity index (χ1v) is 11.0. The molecule has 11 nitrogen and oxygen atoms in total. The molecule has 0 saturated carbocycles. The maximum absolute atomic E-state index is 12.7. The fourth-order valence-electron chi connectivity index (χ4n) is 3.50. The van der Waals surface area contributed by atoms with Gasteiger partial charge >= 0.3 is 0 Å². The van der Waals surface area contributed by atoms with E-state index in [1.165, 1.54) is 18.4 Å². The minimum atomic E-state index is -0.596. The summed E-state index contributed by atoms with van der Waals surface area (Å²) in [4.78, 5) is 37.8. The van der Waals surface area contributed by atoms with Gasteiger partial charge < -0.3 is 24.7 Å². The summed E-state index contributed by atoms with van der Waals surface area (Å²) in [5.74, 6) is -0.841. The number of hydrogen-bond donors (Lipinski definition) is 3. The number of hydrogen-bond acceptors (Lipinski definition) is 8. The predicted octanol–water partition coefficient (Wildman–Crippen LogP) is 3.40.